The van der Waals surface area contributed by atoms with Gasteiger partial charge in [-0.3, -0.25) is 9.52 Å². The number of benzene rings is 2. The number of carbonyl (C=O) groups excluding carboxylic acids is 1. The Balaban J connectivity index is 2.28. The number of sulfonamides is 1. The number of nitrogens with zero attached hydrogens (tertiary/aromatic N) is 2. The Hall–Kier alpha value is -2.85. The molecule has 0 unspecified atom stereocenters. The molecule has 0 spiro atoms. The Labute approximate surface area is 147 Å². The van der Waals surface area contributed by atoms with Crippen LogP contribution in [0, 0.1) is 11.3 Å². The molecule has 0 aliphatic rings. The third-order valence-corrected chi connectivity index (χ3v) is 5.09. The predicted molar refractivity (Wildman–Crippen MR) is 95.7 cm³/mol. The van der Waals surface area contributed by atoms with Gasteiger partial charge in [-0.2, -0.15) is 5.26 Å². The standard InChI is InChI=1S/C18H19N3O3S/c1-3-21(4-2)18(22)15-6-5-7-17(12-15)25(23,24)20-16-10-8-14(13-19)9-11-16/h5-12,20H,3-4H2,1-2H3. The first-order valence-electron chi connectivity index (χ1n) is 7.83. The van der Waals surface area contributed by atoms with Crippen molar-refractivity contribution in [3.8, 4) is 6.07 Å². The molecule has 25 heavy (non-hydrogen) atoms. The van der Waals surface area contributed by atoms with Crippen molar-refractivity contribution in [1.82, 2.24) is 4.90 Å². The zero-order valence-electron chi connectivity index (χ0n) is 14.1. The normalized spacial score (nSPS) is 10.8. The van der Waals surface area contributed by atoms with E-state index in [0.29, 0.717) is 29.9 Å². The molecule has 0 bridgehead atoms. The molecular weight excluding hydrogens is 338 g/mol. The number of carbonyl (C=O) groups is 1. The van der Waals surface area contributed by atoms with E-state index in [9.17, 15) is 13.2 Å². The van der Waals surface area contributed by atoms with Crippen LogP contribution in [0.15, 0.2) is 53.4 Å². The maximum atomic E-state index is 12.5. The third kappa shape index (κ3) is 4.37. The fourth-order valence-electron chi connectivity index (χ4n) is 2.32. The van der Waals surface area contributed by atoms with Gasteiger partial charge in [0.05, 0.1) is 16.5 Å². The number of anilines is 1. The van der Waals surface area contributed by atoms with Crippen molar-refractivity contribution in [2.24, 2.45) is 0 Å². The van der Waals surface area contributed by atoms with E-state index in [4.69, 9.17) is 5.26 Å². The molecule has 130 valence electrons. The molecule has 2 aromatic carbocycles. The van der Waals surface area contributed by atoms with Gasteiger partial charge in [-0.1, -0.05) is 6.07 Å². The van der Waals surface area contributed by atoms with Gasteiger partial charge in [0.25, 0.3) is 15.9 Å². The molecular formula is C18H19N3O3S. The van der Waals surface area contributed by atoms with Crippen molar-refractivity contribution in [2.45, 2.75) is 18.7 Å². The highest BCUT2D eigenvalue weighted by Crippen LogP contribution is 2.18. The van der Waals surface area contributed by atoms with Crippen molar-refractivity contribution in [3.05, 3.63) is 59.7 Å². The SMILES string of the molecule is CCN(CC)C(=O)c1cccc(S(=O)(=O)Nc2ccc(C#N)cc2)c1. The van der Waals surface area contributed by atoms with Crippen LogP contribution < -0.4 is 4.72 Å². The largest absolute Gasteiger partial charge is 0.339 e. The third-order valence-electron chi connectivity index (χ3n) is 3.71. The lowest BCUT2D eigenvalue weighted by atomic mass is 10.2. The lowest BCUT2D eigenvalue weighted by Crippen LogP contribution is -2.30. The maximum Gasteiger partial charge on any atom is 0.261 e. The highest BCUT2D eigenvalue weighted by Gasteiger charge is 2.18. The molecule has 6 nitrogen and oxygen atoms in total. The van der Waals surface area contributed by atoms with Crippen molar-refractivity contribution in [1.29, 1.82) is 5.26 Å². The summed E-state index contributed by atoms with van der Waals surface area (Å²) in [4.78, 5) is 14.0. The average molecular weight is 357 g/mol. The summed E-state index contributed by atoms with van der Waals surface area (Å²) in [6.45, 7) is 4.84. The lowest BCUT2D eigenvalue weighted by Gasteiger charge is -2.19. The van der Waals surface area contributed by atoms with Crippen molar-refractivity contribution in [2.75, 3.05) is 17.8 Å². The van der Waals surface area contributed by atoms with E-state index in [1.54, 1.807) is 17.0 Å². The highest BCUT2D eigenvalue weighted by atomic mass is 32.2. The molecule has 0 saturated carbocycles. The highest BCUT2D eigenvalue weighted by molar-refractivity contribution is 7.92. The lowest BCUT2D eigenvalue weighted by molar-refractivity contribution is 0.0772. The number of hydrogen-bond acceptors (Lipinski definition) is 4. The molecule has 0 saturated heterocycles. The summed E-state index contributed by atoms with van der Waals surface area (Å²) >= 11 is 0. The quantitative estimate of drug-likeness (QED) is 0.861. The van der Waals surface area contributed by atoms with Gasteiger partial charge in [0.15, 0.2) is 0 Å². The molecule has 1 amide bonds. The number of amides is 1. The van der Waals surface area contributed by atoms with E-state index in [1.807, 2.05) is 19.9 Å². The van der Waals surface area contributed by atoms with Gasteiger partial charge >= 0.3 is 0 Å². The topological polar surface area (TPSA) is 90.3 Å². The summed E-state index contributed by atoms with van der Waals surface area (Å²) in [5.41, 5.74) is 1.11. The van der Waals surface area contributed by atoms with Gasteiger partial charge in [0.1, 0.15) is 0 Å². The fourth-order valence-corrected chi connectivity index (χ4v) is 3.42. The first kappa shape index (κ1) is 18.5. The minimum Gasteiger partial charge on any atom is -0.339 e. The Morgan fingerprint density at radius 2 is 1.76 bits per heavy atom. The second-order valence-electron chi connectivity index (χ2n) is 5.30. The number of nitrogens with one attached hydrogen (secondary N) is 1. The molecule has 0 aromatic heterocycles. The maximum absolute atomic E-state index is 12.5. The van der Waals surface area contributed by atoms with Crippen molar-refractivity contribution < 1.29 is 13.2 Å². The van der Waals surface area contributed by atoms with Crippen LogP contribution in [-0.4, -0.2) is 32.3 Å². The number of nitriles is 1. The van der Waals surface area contributed by atoms with Gasteiger partial charge in [0, 0.05) is 24.3 Å². The van der Waals surface area contributed by atoms with Gasteiger partial charge in [-0.25, -0.2) is 8.42 Å². The zero-order chi connectivity index (χ0) is 18.4. The molecule has 1 N–H and O–H groups in total. The first-order chi connectivity index (χ1) is 11.9. The second-order valence-corrected chi connectivity index (χ2v) is 6.98. The second kappa shape index (κ2) is 7.81. The molecule has 0 fully saturated rings. The van der Waals surface area contributed by atoms with Gasteiger partial charge in [0.2, 0.25) is 0 Å². The van der Waals surface area contributed by atoms with Gasteiger partial charge in [-0.05, 0) is 56.3 Å². The van der Waals surface area contributed by atoms with Gasteiger partial charge in [-0.15, -0.1) is 0 Å². The monoisotopic (exact) mass is 357 g/mol. The molecule has 2 rings (SSSR count). The molecule has 0 radical (unpaired) electrons. The van der Waals surface area contributed by atoms with E-state index in [1.165, 1.54) is 36.4 Å². The van der Waals surface area contributed by atoms with Crippen molar-refractivity contribution >= 4 is 21.6 Å². The van der Waals surface area contributed by atoms with Gasteiger partial charge < -0.3 is 4.90 Å². The summed E-state index contributed by atoms with van der Waals surface area (Å²) in [6, 6.07) is 14.0. The molecule has 0 aliphatic heterocycles. The van der Waals surface area contributed by atoms with Crippen LogP contribution in [0.4, 0.5) is 5.69 Å². The Bertz CT molecular complexity index is 896. The van der Waals surface area contributed by atoms with Crippen LogP contribution in [0.3, 0.4) is 0 Å². The van der Waals surface area contributed by atoms with Crippen LogP contribution in [0.25, 0.3) is 0 Å². The fraction of sp³-hybridized carbons (Fsp3) is 0.222. The average Bonchev–Trinajstić information content (AvgIpc) is 2.63. The summed E-state index contributed by atoms with van der Waals surface area (Å²) in [7, 11) is -3.83. The number of hydrogen-bond donors (Lipinski definition) is 1. The van der Waals surface area contributed by atoms with Crippen LogP contribution in [-0.2, 0) is 10.0 Å². The van der Waals surface area contributed by atoms with Crippen LogP contribution in [0.2, 0.25) is 0 Å². The number of rotatable bonds is 6. The smallest absolute Gasteiger partial charge is 0.261 e. The summed E-state index contributed by atoms with van der Waals surface area (Å²) in [6.07, 6.45) is 0. The predicted octanol–water partition coefficient (Wildman–Crippen LogP) is 2.84. The van der Waals surface area contributed by atoms with Crippen LogP contribution in [0.1, 0.15) is 29.8 Å². The molecule has 0 aliphatic carbocycles. The molecule has 0 heterocycles. The summed E-state index contributed by atoms with van der Waals surface area (Å²) in [5, 5.41) is 8.78. The van der Waals surface area contributed by atoms with Crippen molar-refractivity contribution in [3.63, 3.8) is 0 Å². The van der Waals surface area contributed by atoms with E-state index in [-0.39, 0.29) is 10.8 Å². The van der Waals surface area contributed by atoms with E-state index < -0.39 is 10.0 Å². The minimum atomic E-state index is -3.83. The first-order valence-corrected chi connectivity index (χ1v) is 9.32. The van der Waals surface area contributed by atoms with Crippen LogP contribution >= 0.6 is 0 Å². The van der Waals surface area contributed by atoms with E-state index in [0.717, 1.165) is 0 Å². The Morgan fingerprint density at radius 3 is 2.32 bits per heavy atom. The van der Waals surface area contributed by atoms with E-state index >= 15 is 0 Å². The molecule has 2 aromatic rings. The Morgan fingerprint density at radius 1 is 1.12 bits per heavy atom. The molecule has 7 heteroatoms. The Kier molecular flexibility index (Phi) is 5.78. The molecule has 0 atom stereocenters. The van der Waals surface area contributed by atoms with E-state index in [2.05, 4.69) is 4.72 Å². The van der Waals surface area contributed by atoms with Crippen LogP contribution in [0.5, 0.6) is 0 Å². The minimum absolute atomic E-state index is 0.00914. The summed E-state index contributed by atoms with van der Waals surface area (Å²) < 4.78 is 27.5. The zero-order valence-corrected chi connectivity index (χ0v) is 14.9. The summed E-state index contributed by atoms with van der Waals surface area (Å²) in [5.74, 6) is -0.208.